The van der Waals surface area contributed by atoms with Gasteiger partial charge in [0.1, 0.15) is 5.75 Å². The Morgan fingerprint density at radius 1 is 1.35 bits per heavy atom. The minimum atomic E-state index is 0.542. The summed E-state index contributed by atoms with van der Waals surface area (Å²) in [5, 5.41) is 3.45. The first kappa shape index (κ1) is 14.0. The second kappa shape index (κ2) is 7.30. The molecule has 1 atom stereocenters. The lowest BCUT2D eigenvalue weighted by molar-refractivity contribution is 0.370. The van der Waals surface area contributed by atoms with Crippen LogP contribution in [0, 0.1) is 11.8 Å². The van der Waals surface area contributed by atoms with Crippen LogP contribution in [0.25, 0.3) is 0 Å². The Morgan fingerprint density at radius 3 is 2.71 bits per heavy atom. The fourth-order valence-corrected chi connectivity index (χ4v) is 1.78. The maximum absolute atomic E-state index is 5.74. The molecule has 0 heterocycles. The molecule has 0 aliphatic heterocycles. The van der Waals surface area contributed by atoms with Crippen LogP contribution in [-0.4, -0.2) is 20.2 Å². The van der Waals surface area contributed by atoms with Crippen molar-refractivity contribution in [1.82, 2.24) is 5.32 Å². The van der Waals surface area contributed by atoms with E-state index in [2.05, 4.69) is 31.3 Å². The van der Waals surface area contributed by atoms with E-state index in [0.29, 0.717) is 11.8 Å². The molecule has 0 aromatic heterocycles. The molecular weight excluding hydrogens is 212 g/mol. The molecule has 3 heteroatoms. The van der Waals surface area contributed by atoms with Gasteiger partial charge in [0.05, 0.1) is 7.11 Å². The van der Waals surface area contributed by atoms with Crippen LogP contribution in [0.1, 0.15) is 19.4 Å². The number of nitrogens with two attached hydrogens (primary N) is 1. The predicted octanol–water partition coefficient (Wildman–Crippen LogP) is 2.02. The van der Waals surface area contributed by atoms with Crippen molar-refractivity contribution in [3.05, 3.63) is 29.8 Å². The largest absolute Gasteiger partial charge is 0.497 e. The topological polar surface area (TPSA) is 47.3 Å². The van der Waals surface area contributed by atoms with Gasteiger partial charge in [0.15, 0.2) is 0 Å². The predicted molar refractivity (Wildman–Crippen MR) is 72.1 cm³/mol. The highest BCUT2D eigenvalue weighted by Crippen LogP contribution is 2.13. The molecule has 0 aliphatic rings. The molecule has 96 valence electrons. The molecule has 3 N–H and O–H groups in total. The fraction of sp³-hybridized carbons (Fsp3) is 0.571. The van der Waals surface area contributed by atoms with Crippen molar-refractivity contribution in [2.24, 2.45) is 17.6 Å². The third-order valence-corrected chi connectivity index (χ3v) is 3.12. The summed E-state index contributed by atoms with van der Waals surface area (Å²) in [6.07, 6.45) is 0. The summed E-state index contributed by atoms with van der Waals surface area (Å²) in [6.45, 7) is 6.99. The van der Waals surface area contributed by atoms with Crippen LogP contribution in [0.2, 0.25) is 0 Å². The molecular formula is C14H24N2O. The Labute approximate surface area is 104 Å². The molecule has 17 heavy (non-hydrogen) atoms. The van der Waals surface area contributed by atoms with E-state index in [-0.39, 0.29) is 0 Å². The molecule has 0 spiro atoms. The zero-order valence-corrected chi connectivity index (χ0v) is 11.1. The molecule has 1 aromatic carbocycles. The van der Waals surface area contributed by atoms with E-state index in [1.54, 1.807) is 7.11 Å². The molecule has 1 aromatic rings. The Morgan fingerprint density at radius 2 is 2.12 bits per heavy atom. The summed E-state index contributed by atoms with van der Waals surface area (Å²) >= 11 is 0. The van der Waals surface area contributed by atoms with Gasteiger partial charge >= 0.3 is 0 Å². The third-order valence-electron chi connectivity index (χ3n) is 3.12. The molecule has 0 saturated heterocycles. The minimum absolute atomic E-state index is 0.542. The van der Waals surface area contributed by atoms with E-state index < -0.39 is 0 Å². The van der Waals surface area contributed by atoms with Crippen LogP contribution in [0.4, 0.5) is 0 Å². The first-order valence-corrected chi connectivity index (χ1v) is 6.21. The highest BCUT2D eigenvalue weighted by atomic mass is 16.5. The van der Waals surface area contributed by atoms with Crippen molar-refractivity contribution in [3.8, 4) is 5.75 Å². The van der Waals surface area contributed by atoms with Crippen molar-refractivity contribution >= 4 is 0 Å². The summed E-state index contributed by atoms with van der Waals surface area (Å²) in [4.78, 5) is 0. The van der Waals surface area contributed by atoms with Gasteiger partial charge in [-0.2, -0.15) is 0 Å². The average molecular weight is 236 g/mol. The molecule has 0 radical (unpaired) electrons. The normalized spacial score (nSPS) is 12.8. The molecule has 0 fully saturated rings. The molecule has 0 bridgehead atoms. The SMILES string of the molecule is COc1cccc(CNCC(CN)C(C)C)c1. The molecule has 1 unspecified atom stereocenters. The van der Waals surface area contributed by atoms with E-state index in [1.165, 1.54) is 5.56 Å². The van der Waals surface area contributed by atoms with E-state index in [9.17, 15) is 0 Å². The van der Waals surface area contributed by atoms with Crippen molar-refractivity contribution in [1.29, 1.82) is 0 Å². The van der Waals surface area contributed by atoms with E-state index in [0.717, 1.165) is 25.4 Å². The lowest BCUT2D eigenvalue weighted by atomic mass is 9.96. The smallest absolute Gasteiger partial charge is 0.119 e. The minimum Gasteiger partial charge on any atom is -0.497 e. The van der Waals surface area contributed by atoms with Crippen LogP contribution in [0.3, 0.4) is 0 Å². The number of nitrogens with one attached hydrogen (secondary N) is 1. The zero-order chi connectivity index (χ0) is 12.7. The van der Waals surface area contributed by atoms with Gasteiger partial charge in [-0.1, -0.05) is 26.0 Å². The quantitative estimate of drug-likeness (QED) is 0.761. The van der Waals surface area contributed by atoms with Gasteiger partial charge in [-0.3, -0.25) is 0 Å². The maximum atomic E-state index is 5.74. The van der Waals surface area contributed by atoms with Gasteiger partial charge in [0, 0.05) is 6.54 Å². The van der Waals surface area contributed by atoms with Crippen LogP contribution < -0.4 is 15.8 Å². The second-order valence-electron chi connectivity index (χ2n) is 4.72. The van der Waals surface area contributed by atoms with Crippen molar-refractivity contribution < 1.29 is 4.74 Å². The number of hydrogen-bond donors (Lipinski definition) is 2. The molecule has 3 nitrogen and oxygen atoms in total. The first-order valence-electron chi connectivity index (χ1n) is 6.21. The number of benzene rings is 1. The monoisotopic (exact) mass is 236 g/mol. The van der Waals surface area contributed by atoms with Crippen LogP contribution in [0.15, 0.2) is 24.3 Å². The summed E-state index contributed by atoms with van der Waals surface area (Å²) in [6, 6.07) is 8.13. The van der Waals surface area contributed by atoms with Crippen molar-refractivity contribution in [3.63, 3.8) is 0 Å². The maximum Gasteiger partial charge on any atom is 0.119 e. The molecule has 0 saturated carbocycles. The fourth-order valence-electron chi connectivity index (χ4n) is 1.78. The Balaban J connectivity index is 2.39. The molecule has 1 rings (SSSR count). The molecule has 0 aliphatic carbocycles. The van der Waals surface area contributed by atoms with Crippen LogP contribution in [0.5, 0.6) is 5.75 Å². The summed E-state index contributed by atoms with van der Waals surface area (Å²) in [5.41, 5.74) is 6.98. The number of methoxy groups -OCH3 is 1. The standard InChI is InChI=1S/C14H24N2O/c1-11(2)13(8-15)10-16-9-12-5-4-6-14(7-12)17-3/h4-7,11,13,16H,8-10,15H2,1-3H3. The first-order chi connectivity index (χ1) is 8.17. The zero-order valence-electron chi connectivity index (χ0n) is 11.1. The van der Waals surface area contributed by atoms with Crippen molar-refractivity contribution in [2.45, 2.75) is 20.4 Å². The van der Waals surface area contributed by atoms with E-state index in [1.807, 2.05) is 12.1 Å². The Hall–Kier alpha value is -1.06. The Bertz CT molecular complexity index is 326. The van der Waals surface area contributed by atoms with Gasteiger partial charge in [0.2, 0.25) is 0 Å². The second-order valence-corrected chi connectivity index (χ2v) is 4.72. The number of hydrogen-bond acceptors (Lipinski definition) is 3. The third kappa shape index (κ3) is 4.75. The van der Waals surface area contributed by atoms with Gasteiger partial charge in [0.25, 0.3) is 0 Å². The van der Waals surface area contributed by atoms with E-state index in [4.69, 9.17) is 10.5 Å². The summed E-state index contributed by atoms with van der Waals surface area (Å²) < 4.78 is 5.19. The highest BCUT2D eigenvalue weighted by molar-refractivity contribution is 5.28. The van der Waals surface area contributed by atoms with Crippen LogP contribution >= 0.6 is 0 Å². The lowest BCUT2D eigenvalue weighted by Gasteiger charge is -2.19. The van der Waals surface area contributed by atoms with E-state index >= 15 is 0 Å². The Kier molecular flexibility index (Phi) is 6.01. The number of rotatable bonds is 7. The van der Waals surface area contributed by atoms with Gasteiger partial charge in [-0.25, -0.2) is 0 Å². The molecule has 0 amide bonds. The van der Waals surface area contributed by atoms with Gasteiger partial charge < -0.3 is 15.8 Å². The highest BCUT2D eigenvalue weighted by Gasteiger charge is 2.10. The summed E-state index contributed by atoms with van der Waals surface area (Å²) in [7, 11) is 1.69. The lowest BCUT2D eigenvalue weighted by Crippen LogP contribution is -2.31. The van der Waals surface area contributed by atoms with Crippen molar-refractivity contribution in [2.75, 3.05) is 20.2 Å². The summed E-state index contributed by atoms with van der Waals surface area (Å²) in [5.74, 6) is 2.07. The van der Waals surface area contributed by atoms with Gasteiger partial charge in [-0.15, -0.1) is 0 Å². The number of ether oxygens (including phenoxy) is 1. The average Bonchev–Trinajstić information content (AvgIpc) is 2.34. The van der Waals surface area contributed by atoms with Crippen LogP contribution in [-0.2, 0) is 6.54 Å². The van der Waals surface area contributed by atoms with Gasteiger partial charge in [-0.05, 0) is 42.6 Å².